The number of hydrogen-bond donors (Lipinski definition) is 1. The van der Waals surface area contributed by atoms with Crippen LogP contribution in [0.15, 0.2) is 28.1 Å². The first kappa shape index (κ1) is 14.1. The molecular formula is C12H9BrCl2FNS. The van der Waals surface area contributed by atoms with Gasteiger partial charge in [-0.2, -0.15) is 0 Å². The van der Waals surface area contributed by atoms with E-state index in [2.05, 4.69) is 21.2 Å². The van der Waals surface area contributed by atoms with Crippen molar-refractivity contribution in [3.05, 3.63) is 48.8 Å². The van der Waals surface area contributed by atoms with Crippen LogP contribution in [0.5, 0.6) is 0 Å². The Morgan fingerprint density at radius 1 is 1.28 bits per heavy atom. The van der Waals surface area contributed by atoms with Gasteiger partial charge in [0.1, 0.15) is 0 Å². The van der Waals surface area contributed by atoms with E-state index >= 15 is 0 Å². The Morgan fingerprint density at radius 2 is 1.89 bits per heavy atom. The Balaban J connectivity index is 2.19. The summed E-state index contributed by atoms with van der Waals surface area (Å²) in [6.45, 7) is 2.02. The standard InChI is InChI=1S/C12H9BrCl2FNS/c1-6(11-2-7(13)5-18-11)17-8-3-9(14)12(16)10(15)4-8/h2-6,17H,1H3. The predicted octanol–water partition coefficient (Wildman–Crippen LogP) is 6.13. The first-order valence-corrected chi connectivity index (χ1v) is 7.55. The van der Waals surface area contributed by atoms with Crippen molar-refractivity contribution in [2.75, 3.05) is 5.32 Å². The van der Waals surface area contributed by atoms with E-state index < -0.39 is 5.82 Å². The summed E-state index contributed by atoms with van der Waals surface area (Å²) in [7, 11) is 0. The molecule has 0 aliphatic rings. The molecule has 0 fully saturated rings. The van der Waals surface area contributed by atoms with Gasteiger partial charge in [0.2, 0.25) is 0 Å². The summed E-state index contributed by atoms with van der Waals surface area (Å²) in [6.07, 6.45) is 0. The molecule has 1 atom stereocenters. The molecule has 1 nitrogen and oxygen atoms in total. The van der Waals surface area contributed by atoms with Crippen LogP contribution in [0.3, 0.4) is 0 Å². The third-order valence-corrected chi connectivity index (χ3v) is 4.81. The summed E-state index contributed by atoms with van der Waals surface area (Å²) < 4.78 is 14.3. The minimum atomic E-state index is -0.588. The Hall–Kier alpha value is -0.290. The van der Waals surface area contributed by atoms with Gasteiger partial charge in [-0.3, -0.25) is 0 Å². The average Bonchev–Trinajstić information content (AvgIpc) is 2.72. The zero-order valence-corrected chi connectivity index (χ0v) is 13.2. The Kier molecular flexibility index (Phi) is 4.54. The fraction of sp³-hybridized carbons (Fsp3) is 0.167. The Bertz CT molecular complexity index is 550. The van der Waals surface area contributed by atoms with Crippen LogP contribution in [0.25, 0.3) is 0 Å². The molecule has 1 aromatic carbocycles. The lowest BCUT2D eigenvalue weighted by Gasteiger charge is -2.14. The van der Waals surface area contributed by atoms with E-state index in [-0.39, 0.29) is 16.1 Å². The van der Waals surface area contributed by atoms with Gasteiger partial charge in [-0.15, -0.1) is 11.3 Å². The summed E-state index contributed by atoms with van der Waals surface area (Å²) in [5, 5.41) is 5.28. The van der Waals surface area contributed by atoms with Gasteiger partial charge in [-0.05, 0) is 41.1 Å². The van der Waals surface area contributed by atoms with Crippen LogP contribution in [0, 0.1) is 5.82 Å². The molecule has 96 valence electrons. The van der Waals surface area contributed by atoms with E-state index in [9.17, 15) is 4.39 Å². The summed E-state index contributed by atoms with van der Waals surface area (Å²) in [4.78, 5) is 1.17. The first-order chi connectivity index (χ1) is 8.47. The van der Waals surface area contributed by atoms with Crippen LogP contribution in [-0.4, -0.2) is 0 Å². The maximum absolute atomic E-state index is 13.3. The molecule has 0 bridgehead atoms. The van der Waals surface area contributed by atoms with Gasteiger partial charge in [0.25, 0.3) is 0 Å². The lowest BCUT2D eigenvalue weighted by atomic mass is 10.2. The molecule has 1 unspecified atom stereocenters. The topological polar surface area (TPSA) is 12.0 Å². The molecule has 0 spiro atoms. The van der Waals surface area contributed by atoms with E-state index in [1.165, 1.54) is 17.0 Å². The molecule has 0 aliphatic carbocycles. The number of anilines is 1. The van der Waals surface area contributed by atoms with Crippen molar-refractivity contribution in [3.8, 4) is 0 Å². The smallest absolute Gasteiger partial charge is 0.160 e. The zero-order valence-electron chi connectivity index (χ0n) is 9.31. The van der Waals surface area contributed by atoms with Gasteiger partial charge >= 0.3 is 0 Å². The summed E-state index contributed by atoms with van der Waals surface area (Å²) in [6, 6.07) is 5.19. The summed E-state index contributed by atoms with van der Waals surface area (Å²) in [5.41, 5.74) is 0.698. The summed E-state index contributed by atoms with van der Waals surface area (Å²) in [5.74, 6) is -0.588. The van der Waals surface area contributed by atoms with Crippen molar-refractivity contribution >= 4 is 56.2 Å². The molecule has 1 aromatic heterocycles. The molecule has 0 amide bonds. The van der Waals surface area contributed by atoms with Crippen LogP contribution in [0.2, 0.25) is 10.0 Å². The monoisotopic (exact) mass is 367 g/mol. The van der Waals surface area contributed by atoms with Gasteiger partial charge in [0.15, 0.2) is 5.82 Å². The maximum atomic E-state index is 13.3. The predicted molar refractivity (Wildman–Crippen MR) is 80.5 cm³/mol. The molecule has 1 heterocycles. The number of rotatable bonds is 3. The number of halogens is 4. The molecular weight excluding hydrogens is 360 g/mol. The SMILES string of the molecule is CC(Nc1cc(Cl)c(F)c(Cl)c1)c1cc(Br)cs1. The summed E-state index contributed by atoms with van der Waals surface area (Å²) >= 11 is 16.5. The minimum Gasteiger partial charge on any atom is -0.378 e. The molecule has 0 saturated heterocycles. The molecule has 0 aliphatic heterocycles. The van der Waals surface area contributed by atoms with Gasteiger partial charge in [0, 0.05) is 20.4 Å². The van der Waals surface area contributed by atoms with E-state index in [1.54, 1.807) is 11.3 Å². The molecule has 0 radical (unpaired) electrons. The van der Waals surface area contributed by atoms with Crippen LogP contribution < -0.4 is 5.32 Å². The number of nitrogens with one attached hydrogen (secondary N) is 1. The van der Waals surface area contributed by atoms with Crippen LogP contribution >= 0.6 is 50.5 Å². The molecule has 6 heteroatoms. The first-order valence-electron chi connectivity index (χ1n) is 5.12. The van der Waals surface area contributed by atoms with E-state index in [4.69, 9.17) is 23.2 Å². The maximum Gasteiger partial charge on any atom is 0.160 e. The van der Waals surface area contributed by atoms with Gasteiger partial charge < -0.3 is 5.32 Å². The fourth-order valence-electron chi connectivity index (χ4n) is 1.52. The lowest BCUT2D eigenvalue weighted by Crippen LogP contribution is -2.05. The van der Waals surface area contributed by atoms with Crippen molar-refractivity contribution in [2.45, 2.75) is 13.0 Å². The highest BCUT2D eigenvalue weighted by Gasteiger charge is 2.11. The quantitative estimate of drug-likeness (QED) is 0.642. The highest BCUT2D eigenvalue weighted by molar-refractivity contribution is 9.10. The van der Waals surface area contributed by atoms with Crippen molar-refractivity contribution in [3.63, 3.8) is 0 Å². The lowest BCUT2D eigenvalue weighted by molar-refractivity contribution is 0.628. The second-order valence-corrected chi connectivity index (χ2v) is 6.46. The molecule has 2 aromatic rings. The van der Waals surface area contributed by atoms with E-state index in [1.807, 2.05) is 18.4 Å². The highest BCUT2D eigenvalue weighted by atomic mass is 79.9. The second kappa shape index (κ2) is 5.78. The van der Waals surface area contributed by atoms with Gasteiger partial charge in [0.05, 0.1) is 16.1 Å². The van der Waals surface area contributed by atoms with Crippen molar-refractivity contribution in [1.82, 2.24) is 0 Å². The van der Waals surface area contributed by atoms with Crippen LogP contribution in [0.1, 0.15) is 17.8 Å². The largest absolute Gasteiger partial charge is 0.378 e. The Morgan fingerprint density at radius 3 is 2.39 bits per heavy atom. The highest BCUT2D eigenvalue weighted by Crippen LogP contribution is 2.31. The number of benzene rings is 1. The number of hydrogen-bond acceptors (Lipinski definition) is 2. The van der Waals surface area contributed by atoms with E-state index in [0.717, 1.165) is 4.47 Å². The van der Waals surface area contributed by atoms with Gasteiger partial charge in [-0.25, -0.2) is 4.39 Å². The Labute approximate surface area is 127 Å². The zero-order chi connectivity index (χ0) is 13.3. The van der Waals surface area contributed by atoms with Crippen molar-refractivity contribution in [2.24, 2.45) is 0 Å². The average molecular weight is 369 g/mol. The minimum absolute atomic E-state index is 0.0181. The van der Waals surface area contributed by atoms with Crippen LogP contribution in [-0.2, 0) is 0 Å². The third-order valence-electron chi connectivity index (χ3n) is 2.38. The third kappa shape index (κ3) is 3.18. The molecule has 2 rings (SSSR count). The van der Waals surface area contributed by atoms with Crippen LogP contribution in [0.4, 0.5) is 10.1 Å². The van der Waals surface area contributed by atoms with Crippen molar-refractivity contribution < 1.29 is 4.39 Å². The fourth-order valence-corrected chi connectivity index (χ4v) is 3.46. The molecule has 0 saturated carbocycles. The van der Waals surface area contributed by atoms with E-state index in [0.29, 0.717) is 5.69 Å². The normalized spacial score (nSPS) is 12.5. The number of thiophene rings is 1. The second-order valence-electron chi connectivity index (χ2n) is 3.79. The van der Waals surface area contributed by atoms with Crippen molar-refractivity contribution in [1.29, 1.82) is 0 Å². The molecule has 18 heavy (non-hydrogen) atoms. The molecule has 1 N–H and O–H groups in total. The van der Waals surface area contributed by atoms with Gasteiger partial charge in [-0.1, -0.05) is 23.2 Å².